The Labute approximate surface area is 147 Å². The number of benzene rings is 2. The maximum Gasteiger partial charge on any atom is 0.525 e. The molecule has 0 radical (unpaired) electrons. The minimum absolute atomic E-state index is 0.423. The summed E-state index contributed by atoms with van der Waals surface area (Å²) in [5, 5.41) is 0. The van der Waals surface area contributed by atoms with Crippen molar-refractivity contribution in [2.45, 2.75) is 38.9 Å². The molecule has 1 aliphatic heterocycles. The van der Waals surface area contributed by atoms with Crippen LogP contribution in [-0.2, 0) is 9.31 Å². The van der Waals surface area contributed by atoms with Crippen molar-refractivity contribution in [2.75, 3.05) is 0 Å². The smallest absolute Gasteiger partial charge is 0.398 e. The van der Waals surface area contributed by atoms with E-state index in [0.29, 0.717) is 5.56 Å². The van der Waals surface area contributed by atoms with Crippen molar-refractivity contribution >= 4 is 13.2 Å². The van der Waals surface area contributed by atoms with E-state index >= 15 is 0 Å². The molecule has 0 aromatic heterocycles. The number of rotatable bonds is 3. The van der Waals surface area contributed by atoms with E-state index in [9.17, 15) is 8.78 Å². The van der Waals surface area contributed by atoms with Gasteiger partial charge in [-0.1, -0.05) is 36.4 Å². The van der Waals surface area contributed by atoms with Crippen LogP contribution in [0.1, 0.15) is 33.3 Å². The minimum Gasteiger partial charge on any atom is -0.398 e. The third kappa shape index (κ3) is 3.53. The second kappa shape index (κ2) is 6.39. The Hall–Kier alpha value is -1.98. The van der Waals surface area contributed by atoms with Gasteiger partial charge in [0.25, 0.3) is 0 Å². The summed E-state index contributed by atoms with van der Waals surface area (Å²) in [4.78, 5) is 0. The zero-order valence-corrected chi connectivity index (χ0v) is 14.8. The molecule has 2 aromatic carbocycles. The monoisotopic (exact) mass is 342 g/mol. The SMILES string of the molecule is CC1(C)OB(C(F)=Cc2cc(F)ccc2-c2ccccc2)OC1(C)C. The highest BCUT2D eigenvalue weighted by Crippen LogP contribution is 2.39. The zero-order valence-electron chi connectivity index (χ0n) is 14.8. The molecule has 3 rings (SSSR count). The summed E-state index contributed by atoms with van der Waals surface area (Å²) in [5.74, 6) is -0.423. The van der Waals surface area contributed by atoms with E-state index in [4.69, 9.17) is 9.31 Å². The van der Waals surface area contributed by atoms with Gasteiger partial charge < -0.3 is 9.31 Å². The van der Waals surface area contributed by atoms with E-state index in [0.717, 1.165) is 11.1 Å². The van der Waals surface area contributed by atoms with Gasteiger partial charge >= 0.3 is 7.12 Å². The third-order valence-corrected chi connectivity index (χ3v) is 4.87. The first-order valence-corrected chi connectivity index (χ1v) is 8.27. The first kappa shape index (κ1) is 17.8. The van der Waals surface area contributed by atoms with Crippen LogP contribution in [0.5, 0.6) is 0 Å². The van der Waals surface area contributed by atoms with E-state index in [1.807, 2.05) is 58.0 Å². The van der Waals surface area contributed by atoms with Crippen LogP contribution >= 0.6 is 0 Å². The summed E-state index contributed by atoms with van der Waals surface area (Å²) in [6.07, 6.45) is 1.29. The Morgan fingerprint density at radius 3 is 2.16 bits per heavy atom. The van der Waals surface area contributed by atoms with Crippen molar-refractivity contribution in [1.82, 2.24) is 0 Å². The van der Waals surface area contributed by atoms with Gasteiger partial charge in [-0.15, -0.1) is 0 Å². The largest absolute Gasteiger partial charge is 0.525 e. The van der Waals surface area contributed by atoms with Crippen LogP contribution in [0.4, 0.5) is 8.78 Å². The van der Waals surface area contributed by atoms with Crippen LogP contribution < -0.4 is 0 Å². The Balaban J connectivity index is 1.97. The normalized spacial score (nSPS) is 19.3. The van der Waals surface area contributed by atoms with Gasteiger partial charge in [0.05, 0.1) is 11.2 Å². The number of hydrogen-bond acceptors (Lipinski definition) is 2. The van der Waals surface area contributed by atoms with Gasteiger partial charge in [0.1, 0.15) is 11.5 Å². The molecule has 2 aromatic rings. The van der Waals surface area contributed by atoms with Crippen LogP contribution in [0.25, 0.3) is 17.2 Å². The standard InChI is InChI=1S/C20H21BF2O2/c1-19(2)20(3,4)25-21(24-19)18(23)13-15-12-16(22)10-11-17(15)14-8-6-5-7-9-14/h5-13H,1-4H3. The lowest BCUT2D eigenvalue weighted by molar-refractivity contribution is 0.00578. The molecule has 5 heteroatoms. The highest BCUT2D eigenvalue weighted by molar-refractivity contribution is 6.54. The van der Waals surface area contributed by atoms with Crippen molar-refractivity contribution in [1.29, 1.82) is 0 Å². The van der Waals surface area contributed by atoms with E-state index in [1.165, 1.54) is 18.2 Å². The summed E-state index contributed by atoms with van der Waals surface area (Å²) in [7, 11) is -1.10. The van der Waals surface area contributed by atoms with Crippen molar-refractivity contribution in [3.8, 4) is 11.1 Å². The number of hydrogen-bond donors (Lipinski definition) is 0. The lowest BCUT2D eigenvalue weighted by Gasteiger charge is -2.32. The molecule has 0 atom stereocenters. The Bertz CT molecular complexity index is 785. The molecular weight excluding hydrogens is 321 g/mol. The third-order valence-electron chi connectivity index (χ3n) is 4.87. The van der Waals surface area contributed by atoms with Crippen LogP contribution in [0.3, 0.4) is 0 Å². The average molecular weight is 342 g/mol. The predicted molar refractivity (Wildman–Crippen MR) is 97.0 cm³/mol. The second-order valence-electron chi connectivity index (χ2n) is 7.22. The molecule has 0 N–H and O–H groups in total. The Kier molecular flexibility index (Phi) is 4.56. The first-order valence-electron chi connectivity index (χ1n) is 8.27. The summed E-state index contributed by atoms with van der Waals surface area (Å²) in [5.41, 5.74) is 0.226. The fourth-order valence-electron chi connectivity index (χ4n) is 2.71. The van der Waals surface area contributed by atoms with Gasteiger partial charge in [0.15, 0.2) is 0 Å². The minimum atomic E-state index is -1.10. The predicted octanol–water partition coefficient (Wildman–Crippen LogP) is 5.43. The zero-order chi connectivity index (χ0) is 18.2. The van der Waals surface area contributed by atoms with Crippen LogP contribution in [0, 0.1) is 5.82 Å². The number of halogens is 2. The fraction of sp³-hybridized carbons (Fsp3) is 0.300. The molecule has 130 valence electrons. The Morgan fingerprint density at radius 2 is 1.56 bits per heavy atom. The molecular formula is C20H21BF2O2. The van der Waals surface area contributed by atoms with Gasteiger partial charge in [-0.05, 0) is 62.6 Å². The summed E-state index contributed by atoms with van der Waals surface area (Å²) in [6.45, 7) is 7.44. The lowest BCUT2D eigenvalue weighted by atomic mass is 9.85. The molecule has 0 saturated carbocycles. The van der Waals surface area contributed by atoms with E-state index in [2.05, 4.69) is 0 Å². The van der Waals surface area contributed by atoms with Gasteiger partial charge in [-0.3, -0.25) is 0 Å². The van der Waals surface area contributed by atoms with E-state index < -0.39 is 29.9 Å². The highest BCUT2D eigenvalue weighted by Gasteiger charge is 2.53. The summed E-state index contributed by atoms with van der Waals surface area (Å²) in [6, 6.07) is 13.8. The van der Waals surface area contributed by atoms with E-state index in [-0.39, 0.29) is 0 Å². The van der Waals surface area contributed by atoms with E-state index in [1.54, 1.807) is 6.07 Å². The first-order chi connectivity index (χ1) is 11.7. The van der Waals surface area contributed by atoms with Crippen LogP contribution in [0.2, 0.25) is 0 Å². The quantitative estimate of drug-likeness (QED) is 0.692. The van der Waals surface area contributed by atoms with Gasteiger partial charge in [-0.2, -0.15) is 0 Å². The Morgan fingerprint density at radius 1 is 0.960 bits per heavy atom. The fourth-order valence-corrected chi connectivity index (χ4v) is 2.71. The van der Waals surface area contributed by atoms with Gasteiger partial charge in [0, 0.05) is 0 Å². The maximum atomic E-state index is 14.8. The van der Waals surface area contributed by atoms with Crippen LogP contribution in [-0.4, -0.2) is 18.3 Å². The molecule has 1 aliphatic rings. The highest BCUT2D eigenvalue weighted by atomic mass is 19.1. The summed E-state index contributed by atoms with van der Waals surface area (Å²) < 4.78 is 39.9. The second-order valence-corrected chi connectivity index (χ2v) is 7.22. The molecule has 0 bridgehead atoms. The average Bonchev–Trinajstić information content (AvgIpc) is 2.76. The molecule has 1 fully saturated rings. The molecule has 1 saturated heterocycles. The molecule has 0 spiro atoms. The van der Waals surface area contributed by atoms with Crippen molar-refractivity contribution in [2.24, 2.45) is 0 Å². The lowest BCUT2D eigenvalue weighted by Crippen LogP contribution is -2.41. The maximum absolute atomic E-state index is 14.8. The topological polar surface area (TPSA) is 18.5 Å². The molecule has 25 heavy (non-hydrogen) atoms. The van der Waals surface area contributed by atoms with Crippen molar-refractivity contribution < 1.29 is 18.1 Å². The molecule has 0 unspecified atom stereocenters. The van der Waals surface area contributed by atoms with Crippen molar-refractivity contribution in [3.05, 3.63) is 65.6 Å². The van der Waals surface area contributed by atoms with Gasteiger partial charge in [-0.25, -0.2) is 8.78 Å². The van der Waals surface area contributed by atoms with Crippen molar-refractivity contribution in [3.63, 3.8) is 0 Å². The summed E-state index contributed by atoms with van der Waals surface area (Å²) >= 11 is 0. The van der Waals surface area contributed by atoms with Crippen LogP contribution in [0.15, 0.2) is 54.3 Å². The molecule has 0 amide bonds. The molecule has 1 heterocycles. The molecule has 2 nitrogen and oxygen atoms in total. The van der Waals surface area contributed by atoms with Gasteiger partial charge in [0.2, 0.25) is 0 Å². The molecule has 0 aliphatic carbocycles.